The van der Waals surface area contributed by atoms with Crippen molar-refractivity contribution >= 4 is 57.1 Å². The maximum atomic E-state index is 6.40. The largest absolute Gasteiger partial charge is 0.513 e. The molecule has 1 radical (unpaired) electrons. The van der Waals surface area contributed by atoms with Crippen LogP contribution in [0.1, 0.15) is 30.9 Å². The van der Waals surface area contributed by atoms with Gasteiger partial charge in [0.05, 0.1) is 36.4 Å². The number of hydrogen-bond donors (Lipinski definition) is 0. The fraction of sp³-hybridized carbons (Fsp3) is 0.123. The summed E-state index contributed by atoms with van der Waals surface area (Å²) in [6, 6.07) is 57.3. The van der Waals surface area contributed by atoms with Crippen molar-refractivity contribution < 1.29 is 24.5 Å². The molecule has 321 valence electrons. The summed E-state index contributed by atoms with van der Waals surface area (Å²) in [5.74, 6) is 1.03. The van der Waals surface area contributed by atoms with Gasteiger partial charge in [0.2, 0.25) is 0 Å². The average Bonchev–Trinajstić information content (AvgIpc) is 3.92. The van der Waals surface area contributed by atoms with Crippen LogP contribution in [0.25, 0.3) is 94.5 Å². The molecule has 11 aromatic rings. The molecule has 11 rings (SSSR count). The first-order chi connectivity index (χ1) is 31.1. The van der Waals surface area contributed by atoms with E-state index in [2.05, 4.69) is 182 Å². The van der Waals surface area contributed by atoms with Gasteiger partial charge in [-0.15, -0.1) is 47.5 Å². The predicted molar refractivity (Wildman–Crippen MR) is 267 cm³/mol. The normalized spacial score (nSPS) is 11.6. The first kappa shape index (κ1) is 43.4. The smallest absolute Gasteiger partial charge is 0.119 e. The molecule has 0 saturated carbocycles. The van der Waals surface area contributed by atoms with Gasteiger partial charge < -0.3 is 14.0 Å². The van der Waals surface area contributed by atoms with Crippen LogP contribution in [0, 0.1) is 19.1 Å². The summed E-state index contributed by atoms with van der Waals surface area (Å²) in [5, 5.41) is 4.99. The van der Waals surface area contributed by atoms with Crippen LogP contribution in [-0.2, 0) is 20.1 Å². The van der Waals surface area contributed by atoms with Gasteiger partial charge in [-0.05, 0) is 92.3 Å². The Hall–Kier alpha value is -6.83. The topological polar surface area (TPSA) is 69.6 Å². The van der Waals surface area contributed by atoms with Gasteiger partial charge in [-0.25, -0.2) is 0 Å². The molecule has 0 bridgehead atoms. The van der Waals surface area contributed by atoms with Crippen LogP contribution in [-0.4, -0.2) is 32.6 Å². The average molecular weight is 1040 g/mol. The Morgan fingerprint density at radius 1 is 0.692 bits per heavy atom. The maximum absolute atomic E-state index is 6.40. The minimum atomic E-state index is -1.54. The third-order valence-electron chi connectivity index (χ3n) is 12.0. The molecule has 0 aliphatic rings. The predicted octanol–water partition coefficient (Wildman–Crippen LogP) is 14.2. The van der Waals surface area contributed by atoms with Gasteiger partial charge in [-0.2, -0.15) is 0 Å². The summed E-state index contributed by atoms with van der Waals surface area (Å²) < 4.78 is 8.61. The number of aromatic nitrogens is 5. The quantitative estimate of drug-likeness (QED) is 0.117. The van der Waals surface area contributed by atoms with Gasteiger partial charge in [0.15, 0.2) is 0 Å². The molecule has 6 aromatic carbocycles. The number of fused-ring (bicyclic) bond motifs is 5. The number of hydrogen-bond acceptors (Lipinski definition) is 5. The summed E-state index contributed by atoms with van der Waals surface area (Å²) >= 11 is 0. The van der Waals surface area contributed by atoms with E-state index in [1.165, 1.54) is 32.6 Å². The Bertz CT molecular complexity index is 3460. The van der Waals surface area contributed by atoms with Gasteiger partial charge in [0.1, 0.15) is 5.58 Å². The summed E-state index contributed by atoms with van der Waals surface area (Å²) in [6.07, 6.45) is 7.60. The van der Waals surface area contributed by atoms with Gasteiger partial charge >= 0.3 is 0 Å². The number of rotatable bonds is 7. The van der Waals surface area contributed by atoms with E-state index in [1.807, 2.05) is 48.8 Å². The van der Waals surface area contributed by atoms with Crippen molar-refractivity contribution in [3.05, 3.63) is 194 Å². The van der Waals surface area contributed by atoms with Crippen molar-refractivity contribution in [3.63, 3.8) is 0 Å². The van der Waals surface area contributed by atoms with E-state index in [1.54, 1.807) is 6.20 Å². The molecule has 65 heavy (non-hydrogen) atoms. The summed E-state index contributed by atoms with van der Waals surface area (Å²) in [4.78, 5) is 19.1. The molecule has 0 atom stereocenters. The van der Waals surface area contributed by atoms with E-state index >= 15 is 0 Å². The van der Waals surface area contributed by atoms with Crippen LogP contribution in [0.3, 0.4) is 0 Å². The Labute approximate surface area is 394 Å². The van der Waals surface area contributed by atoms with E-state index in [-0.39, 0.29) is 26.0 Å². The SMILES string of the molecule is C[Si](C)(C)c1cnc(-c2[c-]cccc2)cc1-c1cccc2ccccc12.Cc1cccc2oc3c(-c4nc5cncc(C(C)C)c5n4-c4ccc(-c5ccccc5)cc4)[c-]cnc3c12.[Ir]. The van der Waals surface area contributed by atoms with Crippen molar-refractivity contribution in [1.82, 2.24) is 24.5 Å². The number of benzene rings is 6. The first-order valence-corrected chi connectivity index (χ1v) is 25.3. The van der Waals surface area contributed by atoms with E-state index in [9.17, 15) is 0 Å². The molecule has 0 saturated heterocycles. The van der Waals surface area contributed by atoms with Crippen LogP contribution in [0.5, 0.6) is 0 Å². The zero-order valence-electron chi connectivity index (χ0n) is 37.2. The Balaban J connectivity index is 0.000000173. The second-order valence-electron chi connectivity index (χ2n) is 17.6. The number of imidazole rings is 1. The minimum Gasteiger partial charge on any atom is -0.513 e. The molecule has 0 aliphatic heterocycles. The van der Waals surface area contributed by atoms with Crippen molar-refractivity contribution in [3.8, 4) is 50.6 Å². The molecule has 5 heterocycles. The second kappa shape index (κ2) is 18.0. The third-order valence-corrected chi connectivity index (χ3v) is 14.0. The van der Waals surface area contributed by atoms with Crippen molar-refractivity contribution in [1.29, 1.82) is 0 Å². The van der Waals surface area contributed by atoms with Gasteiger partial charge in [-0.1, -0.05) is 137 Å². The van der Waals surface area contributed by atoms with Crippen LogP contribution < -0.4 is 5.19 Å². The van der Waals surface area contributed by atoms with Crippen LogP contribution in [0.2, 0.25) is 19.6 Å². The molecule has 0 aliphatic carbocycles. The summed E-state index contributed by atoms with van der Waals surface area (Å²) in [7, 11) is -1.54. The molecule has 0 N–H and O–H groups in total. The number of nitrogens with zero attached hydrogens (tertiary/aromatic N) is 5. The third kappa shape index (κ3) is 8.26. The second-order valence-corrected chi connectivity index (χ2v) is 22.6. The van der Waals surface area contributed by atoms with Crippen LogP contribution >= 0.6 is 0 Å². The molecular weight excluding hydrogens is 991 g/mol. The standard InChI is InChI=1S/C33H25N4O.C24H22NSi.Ir/c1-20(2)26-18-34-19-27-31(26)37(24-14-12-23(13-15-24)22-9-5-4-6-10-22)33(36-27)25-16-17-35-30-29-21(3)8-7-11-28(29)38-32(25)30;1-26(2,3)24-17-25-23(19-11-5-4-6-12-19)16-22(24)21-15-9-13-18-10-7-8-14-20(18)21;/h4-15,17-20H,1-3H3;4-11,13-17H,1-3H3;/q2*-1;. The van der Waals surface area contributed by atoms with E-state index in [0.29, 0.717) is 5.58 Å². The van der Waals surface area contributed by atoms with Crippen molar-refractivity contribution in [2.75, 3.05) is 0 Å². The fourth-order valence-electron chi connectivity index (χ4n) is 8.75. The van der Waals surface area contributed by atoms with Crippen molar-refractivity contribution in [2.24, 2.45) is 0 Å². The Kier molecular flexibility index (Phi) is 12.0. The fourth-order valence-corrected chi connectivity index (χ4v) is 10.2. The van der Waals surface area contributed by atoms with Crippen LogP contribution in [0.15, 0.2) is 175 Å². The zero-order chi connectivity index (χ0) is 44.0. The van der Waals surface area contributed by atoms with Gasteiger partial charge in [0, 0.05) is 49.4 Å². The Morgan fingerprint density at radius 3 is 2.20 bits per heavy atom. The molecule has 0 fully saturated rings. The van der Waals surface area contributed by atoms with Crippen LogP contribution in [0.4, 0.5) is 0 Å². The zero-order valence-corrected chi connectivity index (χ0v) is 40.6. The number of pyridine rings is 3. The van der Waals surface area contributed by atoms with Crippen molar-refractivity contribution in [2.45, 2.75) is 46.3 Å². The summed E-state index contributed by atoms with van der Waals surface area (Å²) in [5.41, 5.74) is 15.2. The molecule has 0 amide bonds. The van der Waals surface area contributed by atoms with Gasteiger partial charge in [-0.3, -0.25) is 15.0 Å². The van der Waals surface area contributed by atoms with E-state index in [4.69, 9.17) is 14.4 Å². The van der Waals surface area contributed by atoms with E-state index < -0.39 is 8.07 Å². The molecule has 5 aromatic heterocycles. The minimum absolute atomic E-state index is 0. The molecule has 0 unspecified atom stereocenters. The molecule has 6 nitrogen and oxygen atoms in total. The first-order valence-electron chi connectivity index (χ1n) is 21.8. The molecule has 8 heteroatoms. The Morgan fingerprint density at radius 2 is 1.43 bits per heavy atom. The van der Waals surface area contributed by atoms with Gasteiger partial charge in [0.25, 0.3) is 0 Å². The van der Waals surface area contributed by atoms with E-state index in [0.717, 1.165) is 72.5 Å². The number of aryl methyl sites for hydroxylation is 1. The molecular formula is C57H47IrN5OSi-2. The number of furan rings is 1. The molecule has 0 spiro atoms. The summed E-state index contributed by atoms with van der Waals surface area (Å²) in [6.45, 7) is 13.6. The monoisotopic (exact) mass is 1040 g/mol. The maximum Gasteiger partial charge on any atom is 0.119 e.